The van der Waals surface area contributed by atoms with Crippen molar-refractivity contribution in [1.82, 2.24) is 14.8 Å². The van der Waals surface area contributed by atoms with Gasteiger partial charge in [0.05, 0.1) is 12.0 Å². The number of carbonyl (C=O) groups is 1. The Kier molecular flexibility index (Phi) is 9.24. The van der Waals surface area contributed by atoms with Gasteiger partial charge in [0.1, 0.15) is 11.8 Å². The molecule has 1 saturated carbocycles. The van der Waals surface area contributed by atoms with Crippen molar-refractivity contribution in [2.75, 3.05) is 7.11 Å². The van der Waals surface area contributed by atoms with E-state index in [2.05, 4.69) is 4.98 Å². The first kappa shape index (κ1) is 25.1. The lowest BCUT2D eigenvalue weighted by Crippen LogP contribution is -2.52. The molecule has 1 amide bonds. The van der Waals surface area contributed by atoms with Crippen molar-refractivity contribution in [3.8, 4) is 5.75 Å². The molecule has 0 aliphatic heterocycles. The summed E-state index contributed by atoms with van der Waals surface area (Å²) >= 11 is 0. The Morgan fingerprint density at radius 2 is 1.90 bits per heavy atom. The molecule has 0 radical (unpaired) electrons. The summed E-state index contributed by atoms with van der Waals surface area (Å²) in [7, 11) is -2.55. The van der Waals surface area contributed by atoms with Gasteiger partial charge in [0, 0.05) is 18.9 Å². The van der Waals surface area contributed by atoms with Crippen molar-refractivity contribution in [1.29, 1.82) is 0 Å². The zero-order chi connectivity index (χ0) is 21.6. The molecule has 3 rings (SSSR count). The summed E-state index contributed by atoms with van der Waals surface area (Å²) in [5.41, 5.74) is 2.34. The third-order valence-electron chi connectivity index (χ3n) is 5.51. The van der Waals surface area contributed by atoms with Crippen molar-refractivity contribution in [2.45, 2.75) is 49.6 Å². The first-order valence-corrected chi connectivity index (χ1v) is 11.4. The number of benzene rings is 1. The van der Waals surface area contributed by atoms with E-state index in [0.29, 0.717) is 11.3 Å². The van der Waals surface area contributed by atoms with Crippen LogP contribution in [0.1, 0.15) is 37.7 Å². The molecule has 1 aromatic heterocycles. The van der Waals surface area contributed by atoms with Gasteiger partial charge in [-0.3, -0.25) is 15.0 Å². The third kappa shape index (κ3) is 5.94. The number of methoxy groups -OCH3 is 1. The summed E-state index contributed by atoms with van der Waals surface area (Å²) < 4.78 is 33.6. The maximum atomic E-state index is 13.6. The average Bonchev–Trinajstić information content (AvgIpc) is 2.80. The van der Waals surface area contributed by atoms with Gasteiger partial charge in [-0.2, -0.15) is 4.31 Å². The summed E-state index contributed by atoms with van der Waals surface area (Å²) in [6, 6.07) is 8.50. The SMILES string of the molecule is COc1ccc(S(=O)(=O)N(Cc2cccnc2)C(C(=O)NO)C2CCCCC2)cc1.Cl. The number of hydroxylamine groups is 1. The Hall–Kier alpha value is -2.20. The van der Waals surface area contributed by atoms with Crippen molar-refractivity contribution in [3.05, 3.63) is 54.4 Å². The smallest absolute Gasteiger partial charge is 0.262 e. The number of amides is 1. The lowest BCUT2D eigenvalue weighted by molar-refractivity contribution is -0.135. The fourth-order valence-corrected chi connectivity index (χ4v) is 5.62. The monoisotopic (exact) mass is 469 g/mol. The Labute approximate surface area is 189 Å². The summed E-state index contributed by atoms with van der Waals surface area (Å²) in [4.78, 5) is 16.8. The summed E-state index contributed by atoms with van der Waals surface area (Å²) in [6.07, 6.45) is 7.51. The minimum Gasteiger partial charge on any atom is -0.497 e. The van der Waals surface area contributed by atoms with Crippen LogP contribution in [0.3, 0.4) is 0 Å². The lowest BCUT2D eigenvalue weighted by atomic mass is 9.83. The minimum absolute atomic E-state index is 0. The number of sulfonamides is 1. The van der Waals surface area contributed by atoms with Gasteiger partial charge in [-0.05, 0) is 54.7 Å². The Morgan fingerprint density at radius 3 is 2.45 bits per heavy atom. The van der Waals surface area contributed by atoms with E-state index in [9.17, 15) is 18.4 Å². The highest BCUT2D eigenvalue weighted by atomic mass is 35.5. The molecule has 2 aromatic rings. The van der Waals surface area contributed by atoms with Gasteiger partial charge in [-0.15, -0.1) is 12.4 Å². The van der Waals surface area contributed by atoms with Crippen LogP contribution in [0.4, 0.5) is 0 Å². The molecule has 1 unspecified atom stereocenters. The van der Waals surface area contributed by atoms with Gasteiger partial charge in [0.2, 0.25) is 10.0 Å². The van der Waals surface area contributed by atoms with E-state index in [1.807, 2.05) is 0 Å². The predicted octanol–water partition coefficient (Wildman–Crippen LogP) is 3.16. The number of hydrogen-bond acceptors (Lipinski definition) is 6. The summed E-state index contributed by atoms with van der Waals surface area (Å²) in [5.74, 6) is -0.372. The van der Waals surface area contributed by atoms with Crippen LogP contribution in [0, 0.1) is 5.92 Å². The van der Waals surface area contributed by atoms with Crippen molar-refractivity contribution in [2.24, 2.45) is 5.92 Å². The van der Waals surface area contributed by atoms with Gasteiger partial charge < -0.3 is 4.74 Å². The largest absolute Gasteiger partial charge is 0.497 e. The van der Waals surface area contributed by atoms with Crippen molar-refractivity contribution < 1.29 is 23.2 Å². The van der Waals surface area contributed by atoms with E-state index in [0.717, 1.165) is 32.1 Å². The van der Waals surface area contributed by atoms with Crippen LogP contribution < -0.4 is 10.2 Å². The summed E-state index contributed by atoms with van der Waals surface area (Å²) in [5, 5.41) is 9.41. The quantitative estimate of drug-likeness (QED) is 0.454. The standard InChI is InChI=1S/C21H27N3O5S.ClH/c1-29-18-9-11-19(12-10-18)30(27,28)24(15-16-6-5-13-22-14-16)20(21(25)23-26)17-7-3-2-4-8-17;/h5-6,9-14,17,20,26H,2-4,7-8,15H2,1H3,(H,23,25);1H. The first-order valence-electron chi connectivity index (χ1n) is 9.96. The Balaban J connectivity index is 0.00000341. The molecule has 31 heavy (non-hydrogen) atoms. The molecule has 2 N–H and O–H groups in total. The van der Waals surface area contributed by atoms with Crippen LogP contribution >= 0.6 is 12.4 Å². The second-order valence-corrected chi connectivity index (χ2v) is 9.30. The van der Waals surface area contributed by atoms with Crippen LogP contribution in [0.5, 0.6) is 5.75 Å². The number of rotatable bonds is 8. The van der Waals surface area contributed by atoms with Gasteiger partial charge >= 0.3 is 0 Å². The molecule has 1 heterocycles. The first-order chi connectivity index (χ1) is 14.5. The zero-order valence-electron chi connectivity index (χ0n) is 17.3. The highest BCUT2D eigenvalue weighted by Gasteiger charge is 2.41. The van der Waals surface area contributed by atoms with E-state index in [-0.39, 0.29) is 29.8 Å². The molecule has 1 atom stereocenters. The van der Waals surface area contributed by atoms with Crippen LogP contribution in [0.15, 0.2) is 53.7 Å². The molecule has 10 heteroatoms. The summed E-state index contributed by atoms with van der Waals surface area (Å²) in [6.45, 7) is -0.0310. The number of hydrogen-bond donors (Lipinski definition) is 2. The van der Waals surface area contributed by atoms with E-state index >= 15 is 0 Å². The second-order valence-electron chi connectivity index (χ2n) is 7.41. The molecule has 1 fully saturated rings. The molecule has 1 aromatic carbocycles. The number of nitrogens with one attached hydrogen (secondary N) is 1. The third-order valence-corrected chi connectivity index (χ3v) is 7.35. The Morgan fingerprint density at radius 1 is 1.23 bits per heavy atom. The lowest BCUT2D eigenvalue weighted by Gasteiger charge is -2.36. The molecular weight excluding hydrogens is 442 g/mol. The normalized spacial score (nSPS) is 15.7. The van der Waals surface area contributed by atoms with Gasteiger partial charge in [0.25, 0.3) is 5.91 Å². The van der Waals surface area contributed by atoms with E-state index in [4.69, 9.17) is 4.74 Å². The highest BCUT2D eigenvalue weighted by Crippen LogP contribution is 2.33. The second kappa shape index (κ2) is 11.4. The highest BCUT2D eigenvalue weighted by molar-refractivity contribution is 7.89. The number of aromatic nitrogens is 1. The molecule has 1 aliphatic rings. The van der Waals surface area contributed by atoms with Crippen molar-refractivity contribution in [3.63, 3.8) is 0 Å². The minimum atomic E-state index is -4.05. The van der Waals surface area contributed by atoms with E-state index < -0.39 is 22.0 Å². The fraction of sp³-hybridized carbons (Fsp3) is 0.429. The number of ether oxygens (including phenoxy) is 1. The molecule has 0 spiro atoms. The molecule has 0 saturated heterocycles. The van der Waals surface area contributed by atoms with E-state index in [1.54, 1.807) is 42.1 Å². The molecule has 0 bridgehead atoms. The number of carbonyl (C=O) groups excluding carboxylic acids is 1. The maximum absolute atomic E-state index is 13.6. The number of nitrogens with zero attached hydrogens (tertiary/aromatic N) is 2. The van der Waals surface area contributed by atoms with Gasteiger partial charge in [-0.25, -0.2) is 13.9 Å². The fourth-order valence-electron chi connectivity index (χ4n) is 3.98. The van der Waals surface area contributed by atoms with Crippen LogP contribution in [0.2, 0.25) is 0 Å². The maximum Gasteiger partial charge on any atom is 0.262 e. The number of pyridine rings is 1. The predicted molar refractivity (Wildman–Crippen MR) is 118 cm³/mol. The molecule has 1 aliphatic carbocycles. The van der Waals surface area contributed by atoms with Gasteiger partial charge in [0.15, 0.2) is 0 Å². The van der Waals surface area contributed by atoms with Crippen molar-refractivity contribution >= 4 is 28.3 Å². The van der Waals surface area contributed by atoms with Crippen LogP contribution in [-0.4, -0.2) is 42.0 Å². The number of halogens is 1. The molecule has 8 nitrogen and oxygen atoms in total. The Bertz CT molecular complexity index is 935. The zero-order valence-corrected chi connectivity index (χ0v) is 18.9. The van der Waals surface area contributed by atoms with Crippen LogP contribution in [-0.2, 0) is 21.4 Å². The molecule has 170 valence electrons. The average molecular weight is 470 g/mol. The molecular formula is C21H28ClN3O5S. The van der Waals surface area contributed by atoms with E-state index in [1.165, 1.54) is 23.5 Å². The van der Waals surface area contributed by atoms with Gasteiger partial charge in [-0.1, -0.05) is 25.3 Å². The topological polar surface area (TPSA) is 109 Å². The van der Waals surface area contributed by atoms with Crippen LogP contribution in [0.25, 0.3) is 0 Å².